The number of amides is 1. The summed E-state index contributed by atoms with van der Waals surface area (Å²) in [5.41, 5.74) is 6.96. The second kappa shape index (κ2) is 4.06. The van der Waals surface area contributed by atoms with Crippen molar-refractivity contribution in [2.24, 2.45) is 5.73 Å². The Kier molecular flexibility index (Phi) is 2.59. The summed E-state index contributed by atoms with van der Waals surface area (Å²) < 4.78 is 5.18. The summed E-state index contributed by atoms with van der Waals surface area (Å²) in [6, 6.07) is 5.50. The number of aromatic amines is 1. The van der Waals surface area contributed by atoms with E-state index < -0.39 is 5.91 Å². The highest BCUT2D eigenvalue weighted by Crippen LogP contribution is 2.30. The average molecular weight is 217 g/mol. The Hall–Kier alpha value is -2.30. The predicted octanol–water partition coefficient (Wildman–Crippen LogP) is 1.18. The zero-order valence-electron chi connectivity index (χ0n) is 8.73. The quantitative estimate of drug-likeness (QED) is 0.810. The lowest BCUT2D eigenvalue weighted by atomic mass is 10.1. The molecule has 0 aliphatic carbocycles. The van der Waals surface area contributed by atoms with Crippen LogP contribution in [0, 0.1) is 0 Å². The molecule has 0 aromatic carbocycles. The third kappa shape index (κ3) is 1.63. The molecule has 16 heavy (non-hydrogen) atoms. The van der Waals surface area contributed by atoms with E-state index in [-0.39, 0.29) is 5.69 Å². The number of carbonyl (C=O) groups is 1. The number of primary amides is 1. The summed E-state index contributed by atoms with van der Waals surface area (Å²) in [7, 11) is 1.48. The van der Waals surface area contributed by atoms with Crippen molar-refractivity contribution < 1.29 is 9.53 Å². The Morgan fingerprint density at radius 2 is 2.31 bits per heavy atom. The minimum atomic E-state index is -0.606. The molecule has 3 N–H and O–H groups in total. The van der Waals surface area contributed by atoms with E-state index >= 15 is 0 Å². The van der Waals surface area contributed by atoms with Gasteiger partial charge in [0.1, 0.15) is 0 Å². The van der Waals surface area contributed by atoms with Crippen molar-refractivity contribution in [1.29, 1.82) is 0 Å². The van der Waals surface area contributed by atoms with Gasteiger partial charge in [-0.15, -0.1) is 0 Å². The fourth-order valence-corrected chi connectivity index (χ4v) is 1.54. The average Bonchev–Trinajstić information content (AvgIpc) is 2.81. The van der Waals surface area contributed by atoms with Gasteiger partial charge in [-0.05, 0) is 18.2 Å². The van der Waals surface area contributed by atoms with Gasteiger partial charge in [-0.3, -0.25) is 4.79 Å². The molecule has 2 aromatic heterocycles. The van der Waals surface area contributed by atoms with Gasteiger partial charge >= 0.3 is 0 Å². The molecule has 2 heterocycles. The Morgan fingerprint density at radius 3 is 2.88 bits per heavy atom. The normalized spacial score (nSPS) is 10.1. The summed E-state index contributed by atoms with van der Waals surface area (Å²) in [4.78, 5) is 18.1. The maximum atomic E-state index is 11.2. The lowest BCUT2D eigenvalue weighted by Crippen LogP contribution is -2.14. The molecule has 0 fully saturated rings. The molecule has 0 saturated carbocycles. The molecule has 0 unspecified atom stereocenters. The van der Waals surface area contributed by atoms with Crippen LogP contribution in [0.2, 0.25) is 0 Å². The number of aromatic nitrogens is 2. The van der Waals surface area contributed by atoms with Crippen LogP contribution in [0.1, 0.15) is 10.5 Å². The molecule has 0 radical (unpaired) electrons. The zero-order valence-corrected chi connectivity index (χ0v) is 8.73. The molecule has 0 aliphatic heterocycles. The maximum Gasteiger partial charge on any atom is 0.271 e. The molecular weight excluding hydrogens is 206 g/mol. The van der Waals surface area contributed by atoms with E-state index in [0.29, 0.717) is 5.75 Å². The summed E-state index contributed by atoms with van der Waals surface area (Å²) >= 11 is 0. The lowest BCUT2D eigenvalue weighted by molar-refractivity contribution is 0.0992. The molecule has 5 nitrogen and oxygen atoms in total. The van der Waals surface area contributed by atoms with E-state index in [9.17, 15) is 4.79 Å². The summed E-state index contributed by atoms with van der Waals surface area (Å²) in [6.07, 6.45) is 3.32. The van der Waals surface area contributed by atoms with Gasteiger partial charge in [0, 0.05) is 23.7 Å². The highest BCUT2D eigenvalue weighted by Gasteiger charge is 2.16. The van der Waals surface area contributed by atoms with Crippen molar-refractivity contribution in [3.8, 4) is 17.0 Å². The summed E-state index contributed by atoms with van der Waals surface area (Å²) in [5, 5.41) is 0. The van der Waals surface area contributed by atoms with Crippen LogP contribution >= 0.6 is 0 Å². The van der Waals surface area contributed by atoms with Crippen molar-refractivity contribution in [3.05, 3.63) is 36.3 Å². The van der Waals surface area contributed by atoms with Gasteiger partial charge in [-0.2, -0.15) is 0 Å². The number of hydrogen-bond acceptors (Lipinski definition) is 3. The number of hydrogen-bond donors (Lipinski definition) is 2. The van der Waals surface area contributed by atoms with Crippen LogP contribution in [0.25, 0.3) is 11.3 Å². The van der Waals surface area contributed by atoms with Crippen molar-refractivity contribution in [2.75, 3.05) is 7.11 Å². The standard InChI is InChI=1S/C11H11N3O2/c1-16-10-7(8-3-2-5-13-8)4-6-14-9(10)11(12)15/h2-6,13H,1H3,(H2,12,15). The largest absolute Gasteiger partial charge is 0.494 e. The zero-order chi connectivity index (χ0) is 11.5. The number of carbonyl (C=O) groups excluding carboxylic acids is 1. The van der Waals surface area contributed by atoms with Gasteiger partial charge in [0.15, 0.2) is 11.4 Å². The molecule has 0 atom stereocenters. The first-order chi connectivity index (χ1) is 7.74. The Labute approximate surface area is 92.3 Å². The highest BCUT2D eigenvalue weighted by atomic mass is 16.5. The van der Waals surface area contributed by atoms with E-state index in [2.05, 4.69) is 9.97 Å². The second-order valence-corrected chi connectivity index (χ2v) is 3.19. The molecule has 0 spiro atoms. The van der Waals surface area contributed by atoms with Gasteiger partial charge in [0.05, 0.1) is 7.11 Å². The molecule has 0 saturated heterocycles. The number of ether oxygens (including phenoxy) is 1. The van der Waals surface area contributed by atoms with Gasteiger partial charge in [0.2, 0.25) is 0 Å². The first-order valence-electron chi connectivity index (χ1n) is 4.70. The van der Waals surface area contributed by atoms with E-state index in [0.717, 1.165) is 11.3 Å². The van der Waals surface area contributed by atoms with E-state index in [1.807, 2.05) is 12.1 Å². The van der Waals surface area contributed by atoms with E-state index in [4.69, 9.17) is 10.5 Å². The Morgan fingerprint density at radius 1 is 1.50 bits per heavy atom. The number of nitrogens with one attached hydrogen (secondary N) is 1. The van der Waals surface area contributed by atoms with Crippen molar-refractivity contribution in [3.63, 3.8) is 0 Å². The molecule has 0 aliphatic rings. The number of nitrogens with two attached hydrogens (primary N) is 1. The van der Waals surface area contributed by atoms with Crippen LogP contribution in [-0.2, 0) is 0 Å². The Bertz CT molecular complexity index is 506. The summed E-state index contributed by atoms with van der Waals surface area (Å²) in [5.74, 6) is -0.220. The lowest BCUT2D eigenvalue weighted by Gasteiger charge is -2.09. The molecule has 0 bridgehead atoms. The minimum Gasteiger partial charge on any atom is -0.494 e. The predicted molar refractivity (Wildman–Crippen MR) is 59.1 cm³/mol. The van der Waals surface area contributed by atoms with Crippen molar-refractivity contribution >= 4 is 5.91 Å². The molecule has 5 heteroatoms. The first-order valence-corrected chi connectivity index (χ1v) is 4.70. The fourth-order valence-electron chi connectivity index (χ4n) is 1.54. The van der Waals surface area contributed by atoms with Gasteiger partial charge in [-0.25, -0.2) is 4.98 Å². The number of pyridine rings is 1. The van der Waals surface area contributed by atoms with Crippen LogP contribution < -0.4 is 10.5 Å². The molecule has 2 rings (SSSR count). The highest BCUT2D eigenvalue weighted by molar-refractivity contribution is 5.96. The van der Waals surface area contributed by atoms with Crippen molar-refractivity contribution in [1.82, 2.24) is 9.97 Å². The molecule has 1 amide bonds. The van der Waals surface area contributed by atoms with Crippen LogP contribution in [0.15, 0.2) is 30.6 Å². The SMILES string of the molecule is COc1c(-c2ccc[nH]2)ccnc1C(N)=O. The topological polar surface area (TPSA) is 81.0 Å². The van der Waals surface area contributed by atoms with Gasteiger partial charge in [0.25, 0.3) is 5.91 Å². The van der Waals surface area contributed by atoms with E-state index in [1.54, 1.807) is 12.3 Å². The fraction of sp³-hybridized carbons (Fsp3) is 0.0909. The van der Waals surface area contributed by atoms with Crippen LogP contribution in [-0.4, -0.2) is 23.0 Å². The van der Waals surface area contributed by atoms with Crippen LogP contribution in [0.4, 0.5) is 0 Å². The second-order valence-electron chi connectivity index (χ2n) is 3.19. The van der Waals surface area contributed by atoms with Gasteiger partial charge < -0.3 is 15.5 Å². The molecule has 82 valence electrons. The number of H-pyrrole nitrogens is 1. The monoisotopic (exact) mass is 217 g/mol. The first kappa shape index (κ1) is 10.2. The van der Waals surface area contributed by atoms with Crippen molar-refractivity contribution in [2.45, 2.75) is 0 Å². The Balaban J connectivity index is 2.62. The number of methoxy groups -OCH3 is 1. The number of nitrogens with zero attached hydrogens (tertiary/aromatic N) is 1. The van der Waals surface area contributed by atoms with E-state index in [1.165, 1.54) is 13.3 Å². The van der Waals surface area contributed by atoms with Crippen LogP contribution in [0.3, 0.4) is 0 Å². The third-order valence-corrected chi connectivity index (χ3v) is 2.23. The molecule has 2 aromatic rings. The summed E-state index contributed by atoms with van der Waals surface area (Å²) in [6.45, 7) is 0. The minimum absolute atomic E-state index is 0.134. The smallest absolute Gasteiger partial charge is 0.271 e. The molecular formula is C11H11N3O2. The third-order valence-electron chi connectivity index (χ3n) is 2.23. The number of rotatable bonds is 3. The van der Waals surface area contributed by atoms with Gasteiger partial charge in [-0.1, -0.05) is 0 Å². The maximum absolute atomic E-state index is 11.2. The van der Waals surface area contributed by atoms with Crippen LogP contribution in [0.5, 0.6) is 5.75 Å².